The zero-order valence-corrected chi connectivity index (χ0v) is 16.2. The Hall–Kier alpha value is -0.570. The van der Waals surface area contributed by atoms with Crippen LogP contribution in [0.4, 0.5) is 11.4 Å². The molecule has 1 aromatic heterocycles. The number of hydrogen-bond donors (Lipinski definition) is 2. The highest BCUT2D eigenvalue weighted by molar-refractivity contribution is 9.13. The normalized spacial score (nSPS) is 11.4. The Labute approximate surface area is 145 Å². The molecule has 2 aromatic rings. The molecule has 0 aliphatic heterocycles. The summed E-state index contributed by atoms with van der Waals surface area (Å²) in [5.41, 5.74) is 2.43. The highest BCUT2D eigenvalue weighted by Crippen LogP contribution is 2.32. The summed E-state index contributed by atoms with van der Waals surface area (Å²) in [4.78, 5) is 1.20. The molecule has 0 amide bonds. The van der Waals surface area contributed by atoms with Crippen LogP contribution >= 0.6 is 43.2 Å². The van der Waals surface area contributed by atoms with Gasteiger partial charge in [0.2, 0.25) is 10.0 Å². The maximum absolute atomic E-state index is 11.2. The van der Waals surface area contributed by atoms with Crippen molar-refractivity contribution in [2.75, 3.05) is 16.3 Å². The standard InChI is InChI=1S/C13H14Br2N2O2S2/c1-8-5-9(3-4-12(8)17-21(2,18)19)16-7-10-6-11(14)13(15)20-10/h3-6,16-17H,7H2,1-2H3. The minimum Gasteiger partial charge on any atom is -0.380 e. The molecule has 114 valence electrons. The van der Waals surface area contributed by atoms with Crippen molar-refractivity contribution in [1.29, 1.82) is 0 Å². The van der Waals surface area contributed by atoms with E-state index in [9.17, 15) is 8.42 Å². The summed E-state index contributed by atoms with van der Waals surface area (Å²) in [6, 6.07) is 7.61. The van der Waals surface area contributed by atoms with Crippen molar-refractivity contribution in [3.63, 3.8) is 0 Å². The molecule has 21 heavy (non-hydrogen) atoms. The molecule has 0 unspecified atom stereocenters. The quantitative estimate of drug-likeness (QED) is 0.697. The lowest BCUT2D eigenvalue weighted by molar-refractivity contribution is 0.607. The van der Waals surface area contributed by atoms with Gasteiger partial charge in [0.05, 0.1) is 15.7 Å². The maximum Gasteiger partial charge on any atom is 0.229 e. The van der Waals surface area contributed by atoms with Crippen molar-refractivity contribution in [2.45, 2.75) is 13.5 Å². The van der Waals surface area contributed by atoms with E-state index in [4.69, 9.17) is 0 Å². The Kier molecular flexibility index (Phi) is 5.34. The topological polar surface area (TPSA) is 58.2 Å². The van der Waals surface area contributed by atoms with E-state index in [1.807, 2.05) is 19.1 Å². The molecule has 2 rings (SSSR count). The van der Waals surface area contributed by atoms with Crippen molar-refractivity contribution < 1.29 is 8.42 Å². The van der Waals surface area contributed by atoms with Crippen LogP contribution < -0.4 is 10.0 Å². The van der Waals surface area contributed by atoms with Crippen molar-refractivity contribution in [3.05, 3.63) is 43.0 Å². The van der Waals surface area contributed by atoms with Gasteiger partial charge in [0, 0.05) is 21.6 Å². The van der Waals surface area contributed by atoms with Crippen LogP contribution in [0.2, 0.25) is 0 Å². The largest absolute Gasteiger partial charge is 0.380 e. The van der Waals surface area contributed by atoms with Crippen LogP contribution in [-0.2, 0) is 16.6 Å². The van der Waals surface area contributed by atoms with E-state index in [0.29, 0.717) is 12.2 Å². The molecule has 0 aliphatic carbocycles. The Morgan fingerprint density at radius 1 is 1.24 bits per heavy atom. The number of aryl methyl sites for hydroxylation is 1. The molecular weight excluding hydrogens is 440 g/mol. The number of halogens is 2. The maximum atomic E-state index is 11.2. The molecule has 0 radical (unpaired) electrons. The van der Waals surface area contributed by atoms with Crippen LogP contribution in [0, 0.1) is 6.92 Å². The molecule has 0 saturated heterocycles. The number of hydrogen-bond acceptors (Lipinski definition) is 4. The molecule has 8 heteroatoms. The van der Waals surface area contributed by atoms with E-state index < -0.39 is 10.0 Å². The fraction of sp³-hybridized carbons (Fsp3) is 0.231. The van der Waals surface area contributed by atoms with Gasteiger partial charge in [0.1, 0.15) is 0 Å². The van der Waals surface area contributed by atoms with Crippen LogP contribution in [0.5, 0.6) is 0 Å². The molecule has 0 aliphatic rings. The fourth-order valence-electron chi connectivity index (χ4n) is 1.76. The number of thiophene rings is 1. The van der Waals surface area contributed by atoms with Gasteiger partial charge in [-0.25, -0.2) is 8.42 Å². The Morgan fingerprint density at radius 2 is 1.95 bits per heavy atom. The molecular formula is C13H14Br2N2O2S2. The zero-order valence-electron chi connectivity index (χ0n) is 11.4. The lowest BCUT2D eigenvalue weighted by Crippen LogP contribution is -2.10. The molecule has 0 spiro atoms. The van der Waals surface area contributed by atoms with E-state index in [0.717, 1.165) is 25.8 Å². The van der Waals surface area contributed by atoms with Crippen molar-refractivity contribution >= 4 is 64.6 Å². The summed E-state index contributed by atoms with van der Waals surface area (Å²) in [6.45, 7) is 2.59. The van der Waals surface area contributed by atoms with Crippen LogP contribution in [0.3, 0.4) is 0 Å². The first-order valence-electron chi connectivity index (χ1n) is 6.00. The van der Waals surface area contributed by atoms with Gasteiger partial charge in [-0.2, -0.15) is 0 Å². The highest BCUT2D eigenvalue weighted by atomic mass is 79.9. The molecule has 0 fully saturated rings. The molecule has 2 N–H and O–H groups in total. The first-order chi connectivity index (χ1) is 9.74. The average molecular weight is 454 g/mol. The van der Waals surface area contributed by atoms with E-state index >= 15 is 0 Å². The molecule has 0 atom stereocenters. The van der Waals surface area contributed by atoms with E-state index in [-0.39, 0.29) is 0 Å². The second kappa shape index (κ2) is 6.68. The summed E-state index contributed by atoms with van der Waals surface area (Å²) in [5.74, 6) is 0. The summed E-state index contributed by atoms with van der Waals surface area (Å²) < 4.78 is 27.1. The Morgan fingerprint density at radius 3 is 2.48 bits per heavy atom. The lowest BCUT2D eigenvalue weighted by atomic mass is 10.2. The van der Waals surface area contributed by atoms with Gasteiger partial charge in [0.15, 0.2) is 0 Å². The number of sulfonamides is 1. The van der Waals surface area contributed by atoms with Gasteiger partial charge >= 0.3 is 0 Å². The lowest BCUT2D eigenvalue weighted by Gasteiger charge is -2.11. The van der Waals surface area contributed by atoms with E-state index in [2.05, 4.69) is 48.0 Å². The van der Waals surface area contributed by atoms with Gasteiger partial charge in [-0.1, -0.05) is 0 Å². The second-order valence-corrected chi connectivity index (χ2v) is 9.65. The Bertz CT molecular complexity index is 738. The molecule has 1 aromatic carbocycles. The van der Waals surface area contributed by atoms with Crippen LogP contribution in [-0.4, -0.2) is 14.7 Å². The summed E-state index contributed by atoms with van der Waals surface area (Å²) in [7, 11) is -3.25. The number of nitrogens with one attached hydrogen (secondary N) is 2. The second-order valence-electron chi connectivity index (χ2n) is 4.59. The van der Waals surface area contributed by atoms with Gasteiger partial charge in [0.25, 0.3) is 0 Å². The van der Waals surface area contributed by atoms with Crippen molar-refractivity contribution in [2.24, 2.45) is 0 Å². The average Bonchev–Trinajstić information content (AvgIpc) is 2.68. The summed E-state index contributed by atoms with van der Waals surface area (Å²) in [6.07, 6.45) is 1.14. The molecule has 0 saturated carbocycles. The Balaban J connectivity index is 2.06. The van der Waals surface area contributed by atoms with Crippen LogP contribution in [0.1, 0.15) is 10.4 Å². The van der Waals surface area contributed by atoms with Gasteiger partial charge in [-0.3, -0.25) is 4.72 Å². The number of rotatable bonds is 5. The fourth-order valence-corrected chi connectivity index (χ4v) is 4.50. The number of anilines is 2. The number of benzene rings is 1. The van der Waals surface area contributed by atoms with E-state index in [1.54, 1.807) is 17.4 Å². The first-order valence-corrected chi connectivity index (χ1v) is 10.3. The molecule has 1 heterocycles. The third-order valence-corrected chi connectivity index (χ3v) is 6.53. The van der Waals surface area contributed by atoms with Crippen molar-refractivity contribution in [3.8, 4) is 0 Å². The third kappa shape index (κ3) is 4.98. The van der Waals surface area contributed by atoms with Gasteiger partial charge < -0.3 is 5.32 Å². The highest BCUT2D eigenvalue weighted by Gasteiger charge is 2.07. The third-order valence-electron chi connectivity index (χ3n) is 2.68. The predicted octanol–water partition coefficient (Wildman–Crippen LogP) is 4.57. The summed E-state index contributed by atoms with van der Waals surface area (Å²) >= 11 is 8.60. The van der Waals surface area contributed by atoms with Crippen LogP contribution in [0.25, 0.3) is 0 Å². The van der Waals surface area contributed by atoms with Crippen molar-refractivity contribution in [1.82, 2.24) is 0 Å². The SMILES string of the molecule is Cc1cc(NCc2cc(Br)c(Br)s2)ccc1NS(C)(=O)=O. The minimum absolute atomic E-state index is 0.602. The first kappa shape index (κ1) is 16.8. The van der Waals surface area contributed by atoms with Gasteiger partial charge in [-0.05, 0) is 68.6 Å². The molecule has 4 nitrogen and oxygen atoms in total. The van der Waals surface area contributed by atoms with Gasteiger partial charge in [-0.15, -0.1) is 11.3 Å². The molecule has 0 bridgehead atoms. The summed E-state index contributed by atoms with van der Waals surface area (Å²) in [5, 5.41) is 3.32. The monoisotopic (exact) mass is 452 g/mol. The zero-order chi connectivity index (χ0) is 15.6. The predicted molar refractivity (Wildman–Crippen MR) is 96.7 cm³/mol. The van der Waals surface area contributed by atoms with E-state index in [1.165, 1.54) is 4.88 Å². The smallest absolute Gasteiger partial charge is 0.229 e. The minimum atomic E-state index is -3.25. The van der Waals surface area contributed by atoms with Crippen LogP contribution in [0.15, 0.2) is 32.5 Å².